The number of rotatable bonds is 1. The Hall–Kier alpha value is -2.39. The van der Waals surface area contributed by atoms with Gasteiger partial charge in [-0.3, -0.25) is 9.48 Å². The Bertz CT molecular complexity index is 968. The van der Waals surface area contributed by atoms with Gasteiger partial charge in [0.2, 0.25) is 0 Å². The van der Waals surface area contributed by atoms with Crippen molar-refractivity contribution >= 4 is 21.6 Å². The molecular weight excluding hydrogens is 284 g/mol. The number of thiazole rings is 1. The molecule has 0 aliphatic rings. The van der Waals surface area contributed by atoms with Gasteiger partial charge in [-0.25, -0.2) is 0 Å². The lowest BCUT2D eigenvalue weighted by Crippen LogP contribution is -2.06. The summed E-state index contributed by atoms with van der Waals surface area (Å²) in [5, 5.41) is 13.7. The zero-order chi connectivity index (χ0) is 15.3. The lowest BCUT2D eigenvalue weighted by atomic mass is 10.0. The molecule has 6 heteroatoms. The second kappa shape index (κ2) is 4.57. The van der Waals surface area contributed by atoms with Gasteiger partial charge in [-0.15, -0.1) is 0 Å². The molecule has 0 aliphatic carbocycles. The van der Waals surface area contributed by atoms with Crippen LogP contribution in [0.15, 0.2) is 16.9 Å². The molecule has 0 fully saturated rings. The highest BCUT2D eigenvalue weighted by molar-refractivity contribution is 7.16. The molecule has 0 radical (unpaired) electrons. The van der Waals surface area contributed by atoms with Gasteiger partial charge in [-0.05, 0) is 31.5 Å². The van der Waals surface area contributed by atoms with Gasteiger partial charge in [0.15, 0.2) is 0 Å². The van der Waals surface area contributed by atoms with Crippen LogP contribution in [0, 0.1) is 25.2 Å². The van der Waals surface area contributed by atoms with E-state index in [1.807, 2.05) is 26.0 Å². The first-order valence-electron chi connectivity index (χ1n) is 6.48. The predicted octanol–water partition coefficient (Wildman–Crippen LogP) is 2.49. The standard InChI is InChI=1S/C15H14N4OS/c1-8-5-13-11(18(3)15(20)21-13)6-10(8)14-9(2)12(7-16)19(4)17-14/h5-6H,1-4H3. The number of benzene rings is 1. The molecule has 2 heterocycles. The van der Waals surface area contributed by atoms with E-state index >= 15 is 0 Å². The van der Waals surface area contributed by atoms with E-state index in [4.69, 9.17) is 0 Å². The number of aromatic nitrogens is 3. The van der Waals surface area contributed by atoms with E-state index in [-0.39, 0.29) is 4.87 Å². The van der Waals surface area contributed by atoms with Crippen molar-refractivity contribution < 1.29 is 0 Å². The minimum atomic E-state index is 0.0250. The molecule has 0 bridgehead atoms. The van der Waals surface area contributed by atoms with Gasteiger partial charge in [0, 0.05) is 25.2 Å². The van der Waals surface area contributed by atoms with Crippen LogP contribution in [0.25, 0.3) is 21.5 Å². The van der Waals surface area contributed by atoms with Gasteiger partial charge in [0.1, 0.15) is 11.8 Å². The maximum absolute atomic E-state index is 11.8. The average molecular weight is 298 g/mol. The van der Waals surface area contributed by atoms with Crippen molar-refractivity contribution in [2.45, 2.75) is 13.8 Å². The lowest BCUT2D eigenvalue weighted by Gasteiger charge is -2.05. The normalized spacial score (nSPS) is 11.0. The Morgan fingerprint density at radius 3 is 2.62 bits per heavy atom. The topological polar surface area (TPSA) is 63.6 Å². The van der Waals surface area contributed by atoms with Crippen molar-refractivity contribution in [1.29, 1.82) is 5.26 Å². The summed E-state index contributed by atoms with van der Waals surface area (Å²) in [5.74, 6) is 0. The van der Waals surface area contributed by atoms with E-state index in [1.165, 1.54) is 11.3 Å². The molecule has 0 atom stereocenters. The molecule has 1 aromatic carbocycles. The highest BCUT2D eigenvalue weighted by atomic mass is 32.1. The number of hydrogen-bond acceptors (Lipinski definition) is 4. The summed E-state index contributed by atoms with van der Waals surface area (Å²) in [5.41, 5.74) is 5.13. The van der Waals surface area contributed by atoms with Gasteiger partial charge in [-0.2, -0.15) is 10.4 Å². The van der Waals surface area contributed by atoms with E-state index < -0.39 is 0 Å². The molecule has 0 amide bonds. The van der Waals surface area contributed by atoms with Gasteiger partial charge < -0.3 is 4.57 Å². The summed E-state index contributed by atoms with van der Waals surface area (Å²) in [6, 6.07) is 6.17. The molecule has 2 aromatic heterocycles. The largest absolute Gasteiger partial charge is 0.307 e. The third kappa shape index (κ3) is 1.89. The third-order valence-electron chi connectivity index (χ3n) is 3.78. The van der Waals surface area contributed by atoms with E-state index in [2.05, 4.69) is 11.2 Å². The zero-order valence-corrected chi connectivity index (χ0v) is 13.1. The van der Waals surface area contributed by atoms with Crippen molar-refractivity contribution in [2.24, 2.45) is 14.1 Å². The van der Waals surface area contributed by atoms with Crippen LogP contribution in [-0.4, -0.2) is 14.3 Å². The molecule has 106 valence electrons. The SMILES string of the molecule is Cc1cc2sc(=O)n(C)c2cc1-c1nn(C)c(C#N)c1C. The van der Waals surface area contributed by atoms with E-state index in [1.54, 1.807) is 23.3 Å². The summed E-state index contributed by atoms with van der Waals surface area (Å²) in [4.78, 5) is 11.8. The third-order valence-corrected chi connectivity index (χ3v) is 4.78. The molecule has 0 spiro atoms. The highest BCUT2D eigenvalue weighted by Gasteiger charge is 2.17. The smallest absolute Gasteiger partial charge is 0.302 e. The summed E-state index contributed by atoms with van der Waals surface area (Å²) in [6.45, 7) is 3.90. The first kappa shape index (κ1) is 13.6. The Labute approximate surface area is 125 Å². The van der Waals surface area contributed by atoms with Crippen LogP contribution in [0.1, 0.15) is 16.8 Å². The molecule has 21 heavy (non-hydrogen) atoms. The predicted molar refractivity (Wildman–Crippen MR) is 83.5 cm³/mol. The van der Waals surface area contributed by atoms with Crippen molar-refractivity contribution in [1.82, 2.24) is 14.3 Å². The number of aryl methyl sites for hydroxylation is 3. The van der Waals surface area contributed by atoms with Crippen LogP contribution in [-0.2, 0) is 14.1 Å². The second-order valence-electron chi connectivity index (χ2n) is 5.12. The molecule has 0 saturated carbocycles. The van der Waals surface area contributed by atoms with E-state index in [0.29, 0.717) is 5.69 Å². The summed E-state index contributed by atoms with van der Waals surface area (Å²) < 4.78 is 4.21. The first-order chi connectivity index (χ1) is 9.93. The second-order valence-corrected chi connectivity index (χ2v) is 6.11. The minimum absolute atomic E-state index is 0.0250. The van der Waals surface area contributed by atoms with Crippen LogP contribution >= 0.6 is 11.3 Å². The first-order valence-corrected chi connectivity index (χ1v) is 7.30. The Morgan fingerprint density at radius 1 is 1.29 bits per heavy atom. The van der Waals surface area contributed by atoms with Crippen LogP contribution in [0.4, 0.5) is 0 Å². The fourth-order valence-corrected chi connectivity index (χ4v) is 3.53. The molecule has 3 aromatic rings. The lowest BCUT2D eigenvalue weighted by molar-refractivity contribution is 0.758. The van der Waals surface area contributed by atoms with Crippen molar-refractivity contribution in [2.75, 3.05) is 0 Å². The fraction of sp³-hybridized carbons (Fsp3) is 0.267. The Balaban J connectivity index is 2.35. The van der Waals surface area contributed by atoms with Gasteiger partial charge in [0.05, 0.1) is 15.9 Å². The summed E-state index contributed by atoms with van der Waals surface area (Å²) >= 11 is 1.24. The van der Waals surface area contributed by atoms with Crippen molar-refractivity contribution in [3.8, 4) is 17.3 Å². The Kier molecular flexibility index (Phi) is 2.96. The van der Waals surface area contributed by atoms with E-state index in [0.717, 1.165) is 32.6 Å². The number of nitrogens with zero attached hydrogens (tertiary/aromatic N) is 4. The number of hydrogen-bond donors (Lipinski definition) is 0. The van der Waals surface area contributed by atoms with Gasteiger partial charge in [-0.1, -0.05) is 11.3 Å². The number of nitriles is 1. The summed E-state index contributed by atoms with van der Waals surface area (Å²) in [6.07, 6.45) is 0. The highest BCUT2D eigenvalue weighted by Crippen LogP contribution is 2.31. The minimum Gasteiger partial charge on any atom is -0.302 e. The molecule has 3 rings (SSSR count). The Morgan fingerprint density at radius 2 is 2.00 bits per heavy atom. The molecule has 0 aliphatic heterocycles. The average Bonchev–Trinajstić information content (AvgIpc) is 2.86. The van der Waals surface area contributed by atoms with Gasteiger partial charge in [0.25, 0.3) is 0 Å². The molecule has 0 saturated heterocycles. The maximum Gasteiger partial charge on any atom is 0.307 e. The summed E-state index contributed by atoms with van der Waals surface area (Å²) in [7, 11) is 3.54. The molecule has 5 nitrogen and oxygen atoms in total. The molecule has 0 N–H and O–H groups in total. The van der Waals surface area contributed by atoms with Crippen LogP contribution in [0.5, 0.6) is 0 Å². The van der Waals surface area contributed by atoms with Crippen molar-refractivity contribution in [3.05, 3.63) is 38.6 Å². The fourth-order valence-electron chi connectivity index (χ4n) is 2.57. The van der Waals surface area contributed by atoms with Crippen molar-refractivity contribution in [3.63, 3.8) is 0 Å². The molecular formula is C15H14N4OS. The maximum atomic E-state index is 11.8. The number of fused-ring (bicyclic) bond motifs is 1. The monoisotopic (exact) mass is 298 g/mol. The van der Waals surface area contributed by atoms with Crippen LogP contribution in [0.3, 0.4) is 0 Å². The zero-order valence-electron chi connectivity index (χ0n) is 12.3. The van der Waals surface area contributed by atoms with Crippen LogP contribution < -0.4 is 4.87 Å². The van der Waals surface area contributed by atoms with Crippen LogP contribution in [0.2, 0.25) is 0 Å². The molecule has 0 unspecified atom stereocenters. The quantitative estimate of drug-likeness (QED) is 0.693. The van der Waals surface area contributed by atoms with Gasteiger partial charge >= 0.3 is 4.87 Å². The van der Waals surface area contributed by atoms with E-state index in [9.17, 15) is 10.1 Å².